The maximum absolute atomic E-state index is 5.82. The fourth-order valence-electron chi connectivity index (χ4n) is 2.92. The molecule has 6 heteroatoms. The minimum Gasteiger partial charge on any atom is -0.494 e. The summed E-state index contributed by atoms with van der Waals surface area (Å²) < 4.78 is 17.1. The summed E-state index contributed by atoms with van der Waals surface area (Å²) in [6.45, 7) is 3.21. The molecule has 0 radical (unpaired) electrons. The van der Waals surface area contributed by atoms with Gasteiger partial charge in [-0.2, -0.15) is 0 Å². The Labute approximate surface area is 180 Å². The second-order valence-corrected chi connectivity index (χ2v) is 7.13. The number of benzene rings is 2. The van der Waals surface area contributed by atoms with Crippen LogP contribution in [0.1, 0.15) is 44.1 Å². The van der Waals surface area contributed by atoms with Crippen molar-refractivity contribution in [2.24, 2.45) is 16.5 Å². The van der Waals surface area contributed by atoms with Crippen LogP contribution >= 0.6 is 0 Å². The van der Waals surface area contributed by atoms with Gasteiger partial charge < -0.3 is 25.7 Å². The van der Waals surface area contributed by atoms with Gasteiger partial charge in [-0.05, 0) is 42.7 Å². The molecule has 0 fully saturated rings. The minimum absolute atomic E-state index is 0.118. The number of unbranched alkanes of at least 4 members (excludes halogenated alkanes) is 5. The molecule has 0 saturated carbocycles. The van der Waals surface area contributed by atoms with Crippen molar-refractivity contribution in [2.75, 3.05) is 26.4 Å². The predicted octanol–water partition coefficient (Wildman–Crippen LogP) is 4.28. The number of nitrogens with two attached hydrogens (primary N) is 2. The quantitative estimate of drug-likeness (QED) is 0.243. The predicted molar refractivity (Wildman–Crippen MR) is 122 cm³/mol. The van der Waals surface area contributed by atoms with E-state index >= 15 is 0 Å². The second-order valence-electron chi connectivity index (χ2n) is 7.13. The van der Waals surface area contributed by atoms with Gasteiger partial charge in [-0.1, -0.05) is 56.0 Å². The number of rotatable bonds is 16. The molecule has 30 heavy (non-hydrogen) atoms. The third kappa shape index (κ3) is 11.3. The normalized spacial score (nSPS) is 10.5. The number of aliphatic imine (C=N–C) groups is 1. The minimum atomic E-state index is 0.118. The Balaban J connectivity index is 1.42. The molecule has 0 atom stereocenters. The SMILES string of the molecule is NC(N)=NCCOCCCCCCCCOc1ccc(OCc2ccccc2)cc1. The Hall–Kier alpha value is -2.73. The van der Waals surface area contributed by atoms with E-state index in [-0.39, 0.29) is 5.96 Å². The maximum Gasteiger partial charge on any atom is 0.185 e. The molecular weight excluding hydrogens is 378 g/mol. The smallest absolute Gasteiger partial charge is 0.185 e. The van der Waals surface area contributed by atoms with Gasteiger partial charge in [-0.15, -0.1) is 0 Å². The molecule has 6 nitrogen and oxygen atoms in total. The van der Waals surface area contributed by atoms with Crippen LogP contribution in [0.5, 0.6) is 11.5 Å². The van der Waals surface area contributed by atoms with E-state index in [4.69, 9.17) is 25.7 Å². The van der Waals surface area contributed by atoms with E-state index in [1.54, 1.807) is 0 Å². The molecule has 0 aromatic heterocycles. The summed E-state index contributed by atoms with van der Waals surface area (Å²) in [7, 11) is 0. The third-order valence-corrected chi connectivity index (χ3v) is 4.55. The molecule has 164 valence electrons. The summed E-state index contributed by atoms with van der Waals surface area (Å²) >= 11 is 0. The molecule has 0 aliphatic rings. The van der Waals surface area contributed by atoms with Gasteiger partial charge in [0.25, 0.3) is 0 Å². The van der Waals surface area contributed by atoms with Crippen LogP contribution in [0.4, 0.5) is 0 Å². The van der Waals surface area contributed by atoms with E-state index in [2.05, 4.69) is 17.1 Å². The van der Waals surface area contributed by atoms with Crippen LogP contribution in [0.15, 0.2) is 59.6 Å². The zero-order valence-electron chi connectivity index (χ0n) is 17.8. The van der Waals surface area contributed by atoms with Crippen molar-refractivity contribution in [3.05, 3.63) is 60.2 Å². The molecular formula is C24H35N3O3. The number of hydrogen-bond donors (Lipinski definition) is 2. The molecule has 0 aliphatic heterocycles. The molecule has 2 rings (SSSR count). The van der Waals surface area contributed by atoms with Crippen molar-refractivity contribution < 1.29 is 14.2 Å². The molecule has 2 aromatic carbocycles. The van der Waals surface area contributed by atoms with Crippen LogP contribution in [-0.2, 0) is 11.3 Å². The highest BCUT2D eigenvalue weighted by Crippen LogP contribution is 2.19. The van der Waals surface area contributed by atoms with Gasteiger partial charge in [0.1, 0.15) is 18.1 Å². The van der Waals surface area contributed by atoms with Gasteiger partial charge in [0.15, 0.2) is 5.96 Å². The van der Waals surface area contributed by atoms with Crippen LogP contribution < -0.4 is 20.9 Å². The van der Waals surface area contributed by atoms with Crippen molar-refractivity contribution in [3.63, 3.8) is 0 Å². The number of guanidine groups is 1. The lowest BCUT2D eigenvalue weighted by Crippen LogP contribution is -2.23. The Bertz CT molecular complexity index is 701. The Kier molecular flexibility index (Phi) is 11.9. The summed E-state index contributed by atoms with van der Waals surface area (Å²) in [5.41, 5.74) is 11.7. The van der Waals surface area contributed by atoms with Crippen molar-refractivity contribution in [1.82, 2.24) is 0 Å². The number of nitrogens with zero attached hydrogens (tertiary/aromatic N) is 1. The maximum atomic E-state index is 5.82. The molecule has 0 saturated heterocycles. The topological polar surface area (TPSA) is 92.1 Å². The highest BCUT2D eigenvalue weighted by molar-refractivity contribution is 5.75. The first kappa shape index (κ1) is 23.5. The van der Waals surface area contributed by atoms with Crippen molar-refractivity contribution in [3.8, 4) is 11.5 Å². The molecule has 0 heterocycles. The van der Waals surface area contributed by atoms with E-state index in [9.17, 15) is 0 Å². The largest absolute Gasteiger partial charge is 0.494 e. The first-order valence-corrected chi connectivity index (χ1v) is 10.8. The number of ether oxygens (including phenoxy) is 3. The van der Waals surface area contributed by atoms with Gasteiger partial charge in [0, 0.05) is 6.61 Å². The molecule has 2 aromatic rings. The summed E-state index contributed by atoms with van der Waals surface area (Å²) in [5, 5.41) is 0. The third-order valence-electron chi connectivity index (χ3n) is 4.55. The molecule has 0 unspecified atom stereocenters. The first-order valence-electron chi connectivity index (χ1n) is 10.8. The summed E-state index contributed by atoms with van der Waals surface area (Å²) in [6, 6.07) is 18.0. The summed E-state index contributed by atoms with van der Waals surface area (Å²) in [6.07, 6.45) is 6.98. The molecule has 0 bridgehead atoms. The average Bonchev–Trinajstić information content (AvgIpc) is 2.77. The molecule has 0 aliphatic carbocycles. The van der Waals surface area contributed by atoms with Gasteiger partial charge >= 0.3 is 0 Å². The lowest BCUT2D eigenvalue weighted by atomic mass is 10.1. The van der Waals surface area contributed by atoms with Crippen LogP contribution in [0.2, 0.25) is 0 Å². The van der Waals surface area contributed by atoms with E-state index in [0.29, 0.717) is 19.8 Å². The standard InChI is InChI=1S/C24H35N3O3/c25-24(26)27-16-19-28-17-8-3-1-2-4-9-18-29-22-12-14-23(15-13-22)30-20-21-10-6-5-7-11-21/h5-7,10-15H,1-4,8-9,16-20H2,(H4,25,26,27). The van der Waals surface area contributed by atoms with E-state index < -0.39 is 0 Å². The second kappa shape index (κ2) is 15.2. The zero-order valence-corrected chi connectivity index (χ0v) is 17.8. The van der Waals surface area contributed by atoms with Crippen molar-refractivity contribution in [1.29, 1.82) is 0 Å². The van der Waals surface area contributed by atoms with Crippen molar-refractivity contribution >= 4 is 5.96 Å². The van der Waals surface area contributed by atoms with E-state index in [1.165, 1.54) is 25.7 Å². The molecule has 0 amide bonds. The Morgan fingerprint density at radius 2 is 1.27 bits per heavy atom. The Morgan fingerprint density at radius 3 is 1.93 bits per heavy atom. The van der Waals surface area contributed by atoms with Crippen molar-refractivity contribution in [2.45, 2.75) is 45.1 Å². The lowest BCUT2D eigenvalue weighted by Gasteiger charge is -2.09. The first-order chi connectivity index (χ1) is 14.7. The van der Waals surface area contributed by atoms with Gasteiger partial charge in [0.2, 0.25) is 0 Å². The van der Waals surface area contributed by atoms with Crippen LogP contribution in [-0.4, -0.2) is 32.3 Å². The van der Waals surface area contributed by atoms with E-state index in [1.807, 2.05) is 42.5 Å². The lowest BCUT2D eigenvalue weighted by molar-refractivity contribution is 0.137. The molecule has 0 spiro atoms. The van der Waals surface area contributed by atoms with Gasteiger partial charge in [0.05, 0.1) is 19.8 Å². The van der Waals surface area contributed by atoms with Gasteiger partial charge in [-0.3, -0.25) is 4.99 Å². The highest BCUT2D eigenvalue weighted by atomic mass is 16.5. The number of hydrogen-bond acceptors (Lipinski definition) is 4. The summed E-state index contributed by atoms with van der Waals surface area (Å²) in [5.74, 6) is 1.86. The fraction of sp³-hybridized carbons (Fsp3) is 0.458. The zero-order chi connectivity index (χ0) is 21.3. The van der Waals surface area contributed by atoms with E-state index in [0.717, 1.165) is 43.1 Å². The highest BCUT2D eigenvalue weighted by Gasteiger charge is 1.98. The fourth-order valence-corrected chi connectivity index (χ4v) is 2.92. The van der Waals surface area contributed by atoms with Crippen LogP contribution in [0, 0.1) is 0 Å². The Morgan fingerprint density at radius 1 is 0.667 bits per heavy atom. The van der Waals surface area contributed by atoms with Crippen LogP contribution in [0.3, 0.4) is 0 Å². The van der Waals surface area contributed by atoms with Crippen LogP contribution in [0.25, 0.3) is 0 Å². The molecule has 4 N–H and O–H groups in total. The monoisotopic (exact) mass is 413 g/mol. The summed E-state index contributed by atoms with van der Waals surface area (Å²) in [4.78, 5) is 3.88. The van der Waals surface area contributed by atoms with Gasteiger partial charge in [-0.25, -0.2) is 0 Å². The average molecular weight is 414 g/mol.